The van der Waals surface area contributed by atoms with Crippen LogP contribution < -0.4 is 10.6 Å². The third kappa shape index (κ3) is 5.22. The van der Waals surface area contributed by atoms with Gasteiger partial charge in [0.2, 0.25) is 5.91 Å². The van der Waals surface area contributed by atoms with Gasteiger partial charge in [-0.25, -0.2) is 8.42 Å². The van der Waals surface area contributed by atoms with E-state index in [0.29, 0.717) is 12.5 Å². The third-order valence-corrected chi connectivity index (χ3v) is 6.33. The molecule has 0 radical (unpaired) electrons. The highest BCUT2D eigenvalue weighted by Gasteiger charge is 2.30. The minimum absolute atomic E-state index is 0. The van der Waals surface area contributed by atoms with E-state index in [9.17, 15) is 13.2 Å². The predicted octanol–water partition coefficient (Wildman–Crippen LogP) is 0.881. The molecular weight excluding hydrogens is 300 g/mol. The van der Waals surface area contributed by atoms with Crippen LogP contribution in [0.4, 0.5) is 0 Å². The summed E-state index contributed by atoms with van der Waals surface area (Å²) < 4.78 is 24.0. The van der Waals surface area contributed by atoms with Crippen LogP contribution in [0, 0.1) is 5.92 Å². The van der Waals surface area contributed by atoms with Crippen LogP contribution >= 0.6 is 12.4 Å². The topological polar surface area (TPSA) is 75.3 Å². The summed E-state index contributed by atoms with van der Waals surface area (Å²) in [6.45, 7) is 2.65. The van der Waals surface area contributed by atoms with Crippen molar-refractivity contribution in [2.24, 2.45) is 5.92 Å². The first-order chi connectivity index (χ1) is 9.08. The molecule has 2 fully saturated rings. The van der Waals surface area contributed by atoms with E-state index in [1.165, 1.54) is 0 Å². The van der Waals surface area contributed by atoms with E-state index in [4.69, 9.17) is 0 Å². The first-order valence-corrected chi connectivity index (χ1v) is 8.98. The summed E-state index contributed by atoms with van der Waals surface area (Å²) in [5, 5.41) is 5.74. The number of nitrogens with one attached hydrogen (secondary N) is 2. The maximum atomic E-state index is 12.0. The summed E-state index contributed by atoms with van der Waals surface area (Å²) in [4.78, 5) is 11.7. The third-order valence-electron chi connectivity index (χ3n) is 4.18. The van der Waals surface area contributed by atoms with Crippen molar-refractivity contribution >= 4 is 28.2 Å². The van der Waals surface area contributed by atoms with Crippen molar-refractivity contribution < 1.29 is 13.2 Å². The molecule has 0 aromatic carbocycles. The van der Waals surface area contributed by atoms with E-state index in [2.05, 4.69) is 10.6 Å². The molecule has 2 N–H and O–H groups in total. The van der Waals surface area contributed by atoms with Gasteiger partial charge < -0.3 is 10.6 Å². The Morgan fingerprint density at radius 1 is 1.20 bits per heavy atom. The zero-order valence-corrected chi connectivity index (χ0v) is 13.4. The average Bonchev–Trinajstić information content (AvgIpc) is 3.01. The molecule has 20 heavy (non-hydrogen) atoms. The lowest BCUT2D eigenvalue weighted by Crippen LogP contribution is -2.35. The highest BCUT2D eigenvalue weighted by molar-refractivity contribution is 7.92. The molecular formula is C13H25ClN2O3S. The van der Waals surface area contributed by atoms with Crippen LogP contribution in [0.5, 0.6) is 0 Å². The van der Waals surface area contributed by atoms with E-state index in [1.54, 1.807) is 0 Å². The number of amides is 1. The molecule has 1 unspecified atom stereocenters. The molecule has 1 amide bonds. The second-order valence-electron chi connectivity index (χ2n) is 5.71. The van der Waals surface area contributed by atoms with Gasteiger partial charge in [0, 0.05) is 6.54 Å². The molecule has 1 atom stereocenters. The van der Waals surface area contributed by atoms with Gasteiger partial charge in [-0.2, -0.15) is 0 Å². The zero-order chi connectivity index (χ0) is 13.7. The van der Waals surface area contributed by atoms with Crippen molar-refractivity contribution in [3.05, 3.63) is 0 Å². The smallest absolute Gasteiger partial charge is 0.235 e. The molecule has 2 rings (SSSR count). The number of halogens is 1. The monoisotopic (exact) mass is 324 g/mol. The van der Waals surface area contributed by atoms with Crippen LogP contribution in [0.15, 0.2) is 0 Å². The summed E-state index contributed by atoms with van der Waals surface area (Å²) in [5.41, 5.74) is 0. The molecule has 1 heterocycles. The fraction of sp³-hybridized carbons (Fsp3) is 0.923. The largest absolute Gasteiger partial charge is 0.355 e. The number of hydrogen-bond donors (Lipinski definition) is 2. The number of rotatable bonds is 6. The molecule has 5 nitrogen and oxygen atoms in total. The molecule has 0 aromatic rings. The van der Waals surface area contributed by atoms with Gasteiger partial charge in [-0.05, 0) is 44.7 Å². The van der Waals surface area contributed by atoms with Gasteiger partial charge in [0.1, 0.15) is 5.75 Å². The van der Waals surface area contributed by atoms with Gasteiger partial charge in [-0.15, -0.1) is 12.4 Å². The van der Waals surface area contributed by atoms with E-state index in [1.807, 2.05) is 0 Å². The van der Waals surface area contributed by atoms with Crippen LogP contribution in [0.25, 0.3) is 0 Å². The molecule has 0 bridgehead atoms. The maximum absolute atomic E-state index is 12.0. The molecule has 1 saturated carbocycles. The molecule has 0 aromatic heterocycles. The van der Waals surface area contributed by atoms with Gasteiger partial charge in [0.25, 0.3) is 0 Å². The highest BCUT2D eigenvalue weighted by atomic mass is 35.5. The van der Waals surface area contributed by atoms with Gasteiger partial charge in [-0.1, -0.05) is 12.8 Å². The Kier molecular flexibility index (Phi) is 7.26. The molecule has 1 aliphatic heterocycles. The van der Waals surface area contributed by atoms with E-state index < -0.39 is 9.84 Å². The number of carbonyl (C=O) groups is 1. The minimum atomic E-state index is -3.23. The number of carbonyl (C=O) groups excluding carboxylic acids is 1. The lowest BCUT2D eigenvalue weighted by Gasteiger charge is -2.12. The summed E-state index contributed by atoms with van der Waals surface area (Å²) in [7, 11) is -3.23. The highest BCUT2D eigenvalue weighted by Crippen LogP contribution is 2.25. The lowest BCUT2D eigenvalue weighted by atomic mass is 10.1. The number of sulfone groups is 1. The first kappa shape index (κ1) is 17.7. The zero-order valence-electron chi connectivity index (χ0n) is 11.8. The maximum Gasteiger partial charge on any atom is 0.235 e. The normalized spacial score (nSPS) is 23.5. The Balaban J connectivity index is 0.00000200. The summed E-state index contributed by atoms with van der Waals surface area (Å²) in [5.74, 6) is -0.0507. The fourth-order valence-corrected chi connectivity index (χ4v) is 4.73. The van der Waals surface area contributed by atoms with Crippen molar-refractivity contribution in [3.8, 4) is 0 Å². The standard InChI is InChI=1S/C13H24N2O3S.ClH/c16-13(15-8-6-11-5-7-14-9-11)10-19(17,18)12-3-1-2-4-12;/h11-12,14H,1-10H2,(H,15,16);1H. The minimum Gasteiger partial charge on any atom is -0.355 e. The summed E-state index contributed by atoms with van der Waals surface area (Å²) >= 11 is 0. The lowest BCUT2D eigenvalue weighted by molar-refractivity contribution is -0.118. The van der Waals surface area contributed by atoms with Gasteiger partial charge in [0.05, 0.1) is 5.25 Å². The Bertz CT molecular complexity index is 402. The molecule has 1 saturated heterocycles. The van der Waals surface area contributed by atoms with Crippen LogP contribution in [-0.4, -0.2) is 45.0 Å². The molecule has 7 heteroatoms. The van der Waals surface area contributed by atoms with Crippen LogP contribution in [0.2, 0.25) is 0 Å². The van der Waals surface area contributed by atoms with Crippen LogP contribution in [0.1, 0.15) is 38.5 Å². The number of hydrogen-bond acceptors (Lipinski definition) is 4. The van der Waals surface area contributed by atoms with Crippen LogP contribution in [-0.2, 0) is 14.6 Å². The predicted molar refractivity (Wildman–Crippen MR) is 81.9 cm³/mol. The molecule has 2 aliphatic rings. The Labute approximate surface area is 127 Å². The second kappa shape index (κ2) is 8.20. The first-order valence-electron chi connectivity index (χ1n) is 7.27. The molecule has 1 aliphatic carbocycles. The Morgan fingerprint density at radius 2 is 1.90 bits per heavy atom. The Hall–Kier alpha value is -0.330. The van der Waals surface area contributed by atoms with Crippen molar-refractivity contribution in [3.63, 3.8) is 0 Å². The average molecular weight is 325 g/mol. The van der Waals surface area contributed by atoms with Gasteiger partial charge >= 0.3 is 0 Å². The summed E-state index contributed by atoms with van der Waals surface area (Å²) in [6, 6.07) is 0. The van der Waals surface area contributed by atoms with Crippen molar-refractivity contribution in [2.45, 2.75) is 43.8 Å². The molecule has 0 spiro atoms. The molecule has 118 valence electrons. The van der Waals surface area contributed by atoms with E-state index in [-0.39, 0.29) is 29.3 Å². The van der Waals surface area contributed by atoms with Crippen molar-refractivity contribution in [2.75, 3.05) is 25.4 Å². The van der Waals surface area contributed by atoms with Gasteiger partial charge in [0.15, 0.2) is 9.84 Å². The Morgan fingerprint density at radius 3 is 2.50 bits per heavy atom. The summed E-state index contributed by atoms with van der Waals surface area (Å²) in [6.07, 6.45) is 5.48. The quantitative estimate of drug-likeness (QED) is 0.760. The van der Waals surface area contributed by atoms with E-state index >= 15 is 0 Å². The van der Waals surface area contributed by atoms with Crippen molar-refractivity contribution in [1.29, 1.82) is 0 Å². The van der Waals surface area contributed by atoms with E-state index in [0.717, 1.165) is 51.6 Å². The second-order valence-corrected chi connectivity index (χ2v) is 7.99. The SMILES string of the molecule is Cl.O=C(CS(=O)(=O)C1CCCC1)NCCC1CCNC1. The van der Waals surface area contributed by atoms with Crippen LogP contribution in [0.3, 0.4) is 0 Å². The fourth-order valence-electron chi connectivity index (χ4n) is 2.98. The van der Waals surface area contributed by atoms with Gasteiger partial charge in [-0.3, -0.25) is 4.79 Å². The van der Waals surface area contributed by atoms with Crippen molar-refractivity contribution in [1.82, 2.24) is 10.6 Å².